The first-order valence-corrected chi connectivity index (χ1v) is 7.79. The van der Waals surface area contributed by atoms with E-state index in [0.717, 1.165) is 0 Å². The van der Waals surface area contributed by atoms with Gasteiger partial charge in [0.15, 0.2) is 0 Å². The third-order valence-corrected chi connectivity index (χ3v) is 3.62. The molecule has 1 rings (SSSR count). The van der Waals surface area contributed by atoms with Gasteiger partial charge in [-0.05, 0) is 32.6 Å². The van der Waals surface area contributed by atoms with E-state index < -0.39 is 12.1 Å². The first-order chi connectivity index (χ1) is 9.54. The maximum Gasteiger partial charge on any atom is 0.246 e. The standard InChI is InChI=1S/C16H30N2O3/c1-10(2)12-15(20)18(8-9-21-16(5,6)7)13(11(3)4)14(19)17-12/h10-13H,8-9H2,1-7H3,(H,17,19). The summed E-state index contributed by atoms with van der Waals surface area (Å²) in [5.41, 5.74) is -0.244. The number of carbonyl (C=O) groups excluding carboxylic acids is 2. The van der Waals surface area contributed by atoms with Crippen LogP contribution in [0.15, 0.2) is 0 Å². The number of carbonyl (C=O) groups is 2. The number of ether oxygens (including phenoxy) is 1. The van der Waals surface area contributed by atoms with Crippen molar-refractivity contribution in [3.05, 3.63) is 0 Å². The summed E-state index contributed by atoms with van der Waals surface area (Å²) in [7, 11) is 0. The lowest BCUT2D eigenvalue weighted by molar-refractivity contribution is -0.154. The van der Waals surface area contributed by atoms with Crippen LogP contribution in [0.3, 0.4) is 0 Å². The van der Waals surface area contributed by atoms with Gasteiger partial charge in [-0.1, -0.05) is 27.7 Å². The fraction of sp³-hybridized carbons (Fsp3) is 0.875. The Bertz CT molecular complexity index is 385. The zero-order chi connectivity index (χ0) is 16.4. The molecular weight excluding hydrogens is 268 g/mol. The Morgan fingerprint density at radius 3 is 2.14 bits per heavy atom. The predicted molar refractivity (Wildman–Crippen MR) is 82.8 cm³/mol. The van der Waals surface area contributed by atoms with Crippen LogP contribution in [-0.4, -0.2) is 47.6 Å². The van der Waals surface area contributed by atoms with Gasteiger partial charge in [0, 0.05) is 6.54 Å². The van der Waals surface area contributed by atoms with Gasteiger partial charge in [0.25, 0.3) is 0 Å². The third kappa shape index (κ3) is 4.70. The van der Waals surface area contributed by atoms with Crippen LogP contribution in [0, 0.1) is 11.8 Å². The number of amides is 2. The average Bonchev–Trinajstić information content (AvgIpc) is 2.30. The van der Waals surface area contributed by atoms with Crippen molar-refractivity contribution in [3.63, 3.8) is 0 Å². The van der Waals surface area contributed by atoms with E-state index in [0.29, 0.717) is 13.2 Å². The minimum Gasteiger partial charge on any atom is -0.374 e. The number of piperazine rings is 1. The molecular formula is C16H30N2O3. The predicted octanol–water partition coefficient (Wildman–Crippen LogP) is 1.81. The van der Waals surface area contributed by atoms with Gasteiger partial charge >= 0.3 is 0 Å². The minimum atomic E-state index is -0.429. The molecule has 2 atom stereocenters. The van der Waals surface area contributed by atoms with Crippen molar-refractivity contribution in [2.45, 2.75) is 66.2 Å². The van der Waals surface area contributed by atoms with E-state index in [1.165, 1.54) is 0 Å². The molecule has 1 heterocycles. The molecule has 1 saturated heterocycles. The average molecular weight is 298 g/mol. The Labute approximate surface area is 128 Å². The van der Waals surface area contributed by atoms with Crippen LogP contribution in [-0.2, 0) is 14.3 Å². The molecule has 1 N–H and O–H groups in total. The molecule has 0 aromatic rings. The number of nitrogens with one attached hydrogen (secondary N) is 1. The first-order valence-electron chi connectivity index (χ1n) is 7.79. The van der Waals surface area contributed by atoms with Gasteiger partial charge in [-0.15, -0.1) is 0 Å². The highest BCUT2D eigenvalue weighted by atomic mass is 16.5. The summed E-state index contributed by atoms with van der Waals surface area (Å²) in [5.74, 6) is 0.108. The van der Waals surface area contributed by atoms with Crippen molar-refractivity contribution < 1.29 is 14.3 Å². The molecule has 2 amide bonds. The van der Waals surface area contributed by atoms with Crippen molar-refractivity contribution in [2.75, 3.05) is 13.2 Å². The van der Waals surface area contributed by atoms with Gasteiger partial charge in [-0.2, -0.15) is 0 Å². The molecule has 5 heteroatoms. The molecule has 21 heavy (non-hydrogen) atoms. The molecule has 1 aliphatic heterocycles. The molecule has 0 aromatic heterocycles. The molecule has 0 aliphatic carbocycles. The highest BCUT2D eigenvalue weighted by Crippen LogP contribution is 2.20. The highest BCUT2D eigenvalue weighted by Gasteiger charge is 2.42. The lowest BCUT2D eigenvalue weighted by atomic mass is 9.93. The van der Waals surface area contributed by atoms with Crippen LogP contribution in [0.25, 0.3) is 0 Å². The van der Waals surface area contributed by atoms with Crippen LogP contribution >= 0.6 is 0 Å². The van der Waals surface area contributed by atoms with E-state index >= 15 is 0 Å². The number of nitrogens with zero attached hydrogens (tertiary/aromatic N) is 1. The van der Waals surface area contributed by atoms with E-state index in [1.54, 1.807) is 4.90 Å². The lowest BCUT2D eigenvalue weighted by Crippen LogP contribution is -2.66. The Morgan fingerprint density at radius 2 is 1.71 bits per heavy atom. The Kier molecular flexibility index (Phi) is 5.79. The van der Waals surface area contributed by atoms with Crippen LogP contribution in [0.1, 0.15) is 48.5 Å². The largest absolute Gasteiger partial charge is 0.374 e. The quantitative estimate of drug-likeness (QED) is 0.842. The van der Waals surface area contributed by atoms with Crippen molar-refractivity contribution in [1.29, 1.82) is 0 Å². The maximum atomic E-state index is 12.6. The summed E-state index contributed by atoms with van der Waals surface area (Å²) in [5, 5.41) is 2.86. The molecule has 1 fully saturated rings. The molecule has 0 saturated carbocycles. The topological polar surface area (TPSA) is 58.6 Å². The smallest absolute Gasteiger partial charge is 0.246 e. The van der Waals surface area contributed by atoms with E-state index in [9.17, 15) is 9.59 Å². The van der Waals surface area contributed by atoms with Gasteiger partial charge in [0.2, 0.25) is 11.8 Å². The van der Waals surface area contributed by atoms with Gasteiger partial charge in [0.05, 0.1) is 12.2 Å². The highest BCUT2D eigenvalue weighted by molar-refractivity contribution is 5.97. The summed E-state index contributed by atoms with van der Waals surface area (Å²) in [6.45, 7) is 14.7. The zero-order valence-corrected chi connectivity index (χ0v) is 14.4. The van der Waals surface area contributed by atoms with Crippen LogP contribution in [0.2, 0.25) is 0 Å². The Balaban J connectivity index is 2.85. The van der Waals surface area contributed by atoms with Crippen molar-refractivity contribution in [3.8, 4) is 0 Å². The van der Waals surface area contributed by atoms with E-state index in [4.69, 9.17) is 4.74 Å². The SMILES string of the molecule is CC(C)C1NC(=O)C(C(C)C)N(CCOC(C)(C)C)C1=O. The molecule has 0 radical (unpaired) electrons. The van der Waals surface area contributed by atoms with Gasteiger partial charge in [0.1, 0.15) is 12.1 Å². The molecule has 2 unspecified atom stereocenters. The van der Waals surface area contributed by atoms with E-state index in [2.05, 4.69) is 5.32 Å². The maximum absolute atomic E-state index is 12.6. The van der Waals surface area contributed by atoms with Gasteiger partial charge in [-0.3, -0.25) is 9.59 Å². The van der Waals surface area contributed by atoms with Crippen molar-refractivity contribution in [1.82, 2.24) is 10.2 Å². The second-order valence-corrected chi connectivity index (χ2v) is 7.41. The van der Waals surface area contributed by atoms with Crippen LogP contribution < -0.4 is 5.32 Å². The van der Waals surface area contributed by atoms with Crippen LogP contribution in [0.5, 0.6) is 0 Å². The monoisotopic (exact) mass is 298 g/mol. The van der Waals surface area contributed by atoms with Crippen LogP contribution in [0.4, 0.5) is 0 Å². The van der Waals surface area contributed by atoms with Gasteiger partial charge < -0.3 is 15.0 Å². The Hall–Kier alpha value is -1.10. The third-order valence-electron chi connectivity index (χ3n) is 3.62. The van der Waals surface area contributed by atoms with E-state index in [-0.39, 0.29) is 29.3 Å². The first kappa shape index (κ1) is 18.0. The minimum absolute atomic E-state index is 0.000749. The summed E-state index contributed by atoms with van der Waals surface area (Å²) in [6, 6.07) is -0.835. The molecule has 5 nitrogen and oxygen atoms in total. The fourth-order valence-corrected chi connectivity index (χ4v) is 2.57. The lowest BCUT2D eigenvalue weighted by Gasteiger charge is -2.42. The normalized spacial score (nSPS) is 24.0. The molecule has 0 aromatic carbocycles. The summed E-state index contributed by atoms with van der Waals surface area (Å²) in [4.78, 5) is 26.7. The zero-order valence-electron chi connectivity index (χ0n) is 14.4. The molecule has 0 bridgehead atoms. The summed E-state index contributed by atoms with van der Waals surface area (Å²) < 4.78 is 5.71. The Morgan fingerprint density at radius 1 is 1.14 bits per heavy atom. The fourth-order valence-electron chi connectivity index (χ4n) is 2.57. The number of hydrogen-bond acceptors (Lipinski definition) is 3. The van der Waals surface area contributed by atoms with Gasteiger partial charge in [-0.25, -0.2) is 0 Å². The van der Waals surface area contributed by atoms with Crippen molar-refractivity contribution >= 4 is 11.8 Å². The van der Waals surface area contributed by atoms with Crippen molar-refractivity contribution in [2.24, 2.45) is 11.8 Å². The summed E-state index contributed by atoms with van der Waals surface area (Å²) >= 11 is 0. The van der Waals surface area contributed by atoms with E-state index in [1.807, 2.05) is 48.5 Å². The molecule has 1 aliphatic rings. The second-order valence-electron chi connectivity index (χ2n) is 7.41. The summed E-state index contributed by atoms with van der Waals surface area (Å²) in [6.07, 6.45) is 0. The molecule has 0 spiro atoms. The second kappa shape index (κ2) is 6.77. The number of hydrogen-bond donors (Lipinski definition) is 1. The molecule has 122 valence electrons. The number of rotatable bonds is 5.